The fraction of sp³-hybridized carbons (Fsp3) is 0.333. The molecule has 4 rings (SSSR count). The number of ether oxygens (including phenoxy) is 1. The summed E-state index contributed by atoms with van der Waals surface area (Å²) in [5, 5.41) is 14.7. The van der Waals surface area contributed by atoms with Gasteiger partial charge < -0.3 is 15.4 Å². The Labute approximate surface area is 179 Å². The maximum absolute atomic E-state index is 9.70. The summed E-state index contributed by atoms with van der Waals surface area (Å²) in [7, 11) is 1.72. The molecule has 154 valence electrons. The minimum absolute atomic E-state index is 0.193. The van der Waals surface area contributed by atoms with Crippen molar-refractivity contribution in [2.75, 3.05) is 30.8 Å². The summed E-state index contributed by atoms with van der Waals surface area (Å²) in [6.07, 6.45) is 1.14. The number of aromatic nitrogens is 4. The van der Waals surface area contributed by atoms with E-state index in [1.165, 1.54) is 0 Å². The van der Waals surface area contributed by atoms with Gasteiger partial charge in [-0.3, -0.25) is 0 Å². The number of halogens is 1. The lowest BCUT2D eigenvalue weighted by Gasteiger charge is -2.18. The first kappa shape index (κ1) is 20.1. The van der Waals surface area contributed by atoms with Crippen molar-refractivity contribution in [1.29, 1.82) is 5.26 Å². The Balaban J connectivity index is 1.81. The van der Waals surface area contributed by atoms with E-state index >= 15 is 0 Å². The van der Waals surface area contributed by atoms with Crippen molar-refractivity contribution in [2.24, 2.45) is 0 Å². The first-order chi connectivity index (χ1) is 14.4. The van der Waals surface area contributed by atoms with Gasteiger partial charge in [0.1, 0.15) is 23.1 Å². The molecule has 0 amide bonds. The molecule has 0 aromatic carbocycles. The lowest BCUT2D eigenvalue weighted by atomic mass is 10.1. The smallest absolute Gasteiger partial charge is 0.156 e. The standard InChI is InChI=1S/C21H22ClN7O/c1-12-20(22)13(2)29(27-12)19-9-16(24)15(10-23)21(26-19)17-5-4-6-18(25-17)28-8-7-14(11-28)30-3/h4-6,9,14H,7-8,11H2,1-3H3,(H2,24,26)/t14-/m1/s1. The number of pyridine rings is 2. The molecule has 1 aliphatic heterocycles. The quantitative estimate of drug-likeness (QED) is 0.686. The molecule has 1 saturated heterocycles. The molecule has 1 aliphatic rings. The van der Waals surface area contributed by atoms with E-state index in [0.29, 0.717) is 33.6 Å². The zero-order valence-corrected chi connectivity index (χ0v) is 17.8. The Bertz CT molecular complexity index is 1150. The number of hydrogen-bond donors (Lipinski definition) is 1. The van der Waals surface area contributed by atoms with E-state index in [9.17, 15) is 5.26 Å². The molecular weight excluding hydrogens is 402 g/mol. The number of rotatable bonds is 4. The highest BCUT2D eigenvalue weighted by Crippen LogP contribution is 2.30. The zero-order chi connectivity index (χ0) is 21.4. The zero-order valence-electron chi connectivity index (χ0n) is 17.1. The van der Waals surface area contributed by atoms with Crippen molar-refractivity contribution < 1.29 is 4.74 Å². The molecule has 30 heavy (non-hydrogen) atoms. The predicted octanol–water partition coefficient (Wildman–Crippen LogP) is 3.28. The van der Waals surface area contributed by atoms with Gasteiger partial charge in [-0.25, -0.2) is 14.6 Å². The van der Waals surface area contributed by atoms with Crippen LogP contribution in [0.1, 0.15) is 23.4 Å². The molecular formula is C21H22ClN7O. The van der Waals surface area contributed by atoms with E-state index in [4.69, 9.17) is 32.0 Å². The van der Waals surface area contributed by atoms with E-state index < -0.39 is 0 Å². The molecule has 0 aliphatic carbocycles. The molecule has 0 spiro atoms. The van der Waals surface area contributed by atoms with Crippen molar-refractivity contribution in [3.05, 3.63) is 46.2 Å². The highest BCUT2D eigenvalue weighted by molar-refractivity contribution is 6.31. The molecule has 1 atom stereocenters. The summed E-state index contributed by atoms with van der Waals surface area (Å²) >= 11 is 6.30. The summed E-state index contributed by atoms with van der Waals surface area (Å²) < 4.78 is 7.09. The van der Waals surface area contributed by atoms with Crippen LogP contribution in [0.5, 0.6) is 0 Å². The maximum Gasteiger partial charge on any atom is 0.156 e. The number of hydrogen-bond acceptors (Lipinski definition) is 7. The second-order valence-corrected chi connectivity index (χ2v) is 7.65. The number of nitrogen functional groups attached to an aromatic ring is 1. The van der Waals surface area contributed by atoms with Gasteiger partial charge in [0.05, 0.1) is 33.9 Å². The largest absolute Gasteiger partial charge is 0.397 e. The number of nitrogens with two attached hydrogens (primary N) is 1. The second kappa shape index (κ2) is 7.94. The lowest BCUT2D eigenvalue weighted by Crippen LogP contribution is -2.23. The molecule has 0 bridgehead atoms. The van der Waals surface area contributed by atoms with Gasteiger partial charge in [-0.15, -0.1) is 0 Å². The van der Waals surface area contributed by atoms with Gasteiger partial charge in [-0.1, -0.05) is 17.7 Å². The highest BCUT2D eigenvalue weighted by Gasteiger charge is 2.24. The first-order valence-electron chi connectivity index (χ1n) is 9.60. The number of methoxy groups -OCH3 is 1. The van der Waals surface area contributed by atoms with Crippen molar-refractivity contribution in [1.82, 2.24) is 19.7 Å². The van der Waals surface area contributed by atoms with Crippen LogP contribution >= 0.6 is 11.6 Å². The van der Waals surface area contributed by atoms with Crippen molar-refractivity contribution in [3.8, 4) is 23.3 Å². The number of anilines is 2. The van der Waals surface area contributed by atoms with Crippen LogP contribution in [-0.2, 0) is 4.74 Å². The lowest BCUT2D eigenvalue weighted by molar-refractivity contribution is 0.121. The molecule has 9 heteroatoms. The van der Waals surface area contributed by atoms with E-state index in [-0.39, 0.29) is 11.7 Å². The maximum atomic E-state index is 9.70. The Morgan fingerprint density at radius 3 is 2.70 bits per heavy atom. The molecule has 0 saturated carbocycles. The monoisotopic (exact) mass is 423 g/mol. The van der Waals surface area contributed by atoms with Crippen LogP contribution in [0.25, 0.3) is 17.2 Å². The molecule has 2 N–H and O–H groups in total. The van der Waals surface area contributed by atoms with Gasteiger partial charge in [-0.05, 0) is 32.4 Å². The summed E-state index contributed by atoms with van der Waals surface area (Å²) in [4.78, 5) is 11.6. The van der Waals surface area contributed by atoms with E-state index in [1.807, 2.05) is 32.0 Å². The van der Waals surface area contributed by atoms with Gasteiger partial charge in [0.15, 0.2) is 5.82 Å². The minimum atomic E-state index is 0.193. The van der Waals surface area contributed by atoms with Crippen LogP contribution in [0.4, 0.5) is 11.5 Å². The van der Waals surface area contributed by atoms with Crippen molar-refractivity contribution >= 4 is 23.1 Å². The number of aryl methyl sites for hydroxylation is 1. The highest BCUT2D eigenvalue weighted by atomic mass is 35.5. The summed E-state index contributed by atoms with van der Waals surface area (Å²) in [5.74, 6) is 1.30. The molecule has 1 fully saturated rings. The Morgan fingerprint density at radius 1 is 1.27 bits per heavy atom. The van der Waals surface area contributed by atoms with Crippen LogP contribution < -0.4 is 10.6 Å². The van der Waals surface area contributed by atoms with E-state index in [0.717, 1.165) is 31.0 Å². The Hall–Kier alpha value is -3.15. The number of nitriles is 1. The average Bonchev–Trinajstić information content (AvgIpc) is 3.34. The molecule has 3 aromatic heterocycles. The SMILES string of the molecule is CO[C@@H]1CCN(c2cccc(-c3nc(-n4nc(C)c(Cl)c4C)cc(N)c3C#N)n2)C1. The summed E-state index contributed by atoms with van der Waals surface area (Å²) in [6.45, 7) is 5.32. The Morgan fingerprint density at radius 2 is 2.07 bits per heavy atom. The first-order valence-corrected chi connectivity index (χ1v) is 9.98. The normalized spacial score (nSPS) is 16.1. The van der Waals surface area contributed by atoms with Gasteiger partial charge in [-0.2, -0.15) is 10.4 Å². The fourth-order valence-electron chi connectivity index (χ4n) is 3.67. The van der Waals surface area contributed by atoms with Crippen molar-refractivity contribution in [3.63, 3.8) is 0 Å². The molecule has 0 radical (unpaired) electrons. The Kier molecular flexibility index (Phi) is 5.33. The molecule has 4 heterocycles. The van der Waals surface area contributed by atoms with E-state index in [1.54, 1.807) is 17.9 Å². The third-order valence-electron chi connectivity index (χ3n) is 5.35. The summed E-state index contributed by atoms with van der Waals surface area (Å²) in [5.41, 5.74) is 9.25. The average molecular weight is 424 g/mol. The third-order valence-corrected chi connectivity index (χ3v) is 5.89. The second-order valence-electron chi connectivity index (χ2n) is 7.28. The van der Waals surface area contributed by atoms with Gasteiger partial charge >= 0.3 is 0 Å². The van der Waals surface area contributed by atoms with Gasteiger partial charge in [0, 0.05) is 26.3 Å². The van der Waals surface area contributed by atoms with Crippen LogP contribution in [0.3, 0.4) is 0 Å². The topological polar surface area (TPSA) is 106 Å². The van der Waals surface area contributed by atoms with Gasteiger partial charge in [0.25, 0.3) is 0 Å². The minimum Gasteiger partial charge on any atom is -0.397 e. The molecule has 8 nitrogen and oxygen atoms in total. The number of nitrogens with zero attached hydrogens (tertiary/aromatic N) is 6. The van der Waals surface area contributed by atoms with Crippen molar-refractivity contribution in [2.45, 2.75) is 26.4 Å². The van der Waals surface area contributed by atoms with Crippen LogP contribution in [0.15, 0.2) is 24.3 Å². The van der Waals surface area contributed by atoms with E-state index in [2.05, 4.69) is 16.1 Å². The molecule has 0 unspecified atom stereocenters. The van der Waals surface area contributed by atoms with Crippen LogP contribution in [0, 0.1) is 25.2 Å². The summed E-state index contributed by atoms with van der Waals surface area (Å²) in [6, 6.07) is 9.47. The van der Waals surface area contributed by atoms with Gasteiger partial charge in [0.2, 0.25) is 0 Å². The third kappa shape index (κ3) is 3.47. The van der Waals surface area contributed by atoms with Crippen LogP contribution in [-0.4, -0.2) is 46.1 Å². The predicted molar refractivity (Wildman–Crippen MR) is 116 cm³/mol. The van der Waals surface area contributed by atoms with Crippen LogP contribution in [0.2, 0.25) is 5.02 Å². The fourth-order valence-corrected chi connectivity index (χ4v) is 3.79. The molecule has 3 aromatic rings.